The van der Waals surface area contributed by atoms with Crippen LogP contribution in [0.2, 0.25) is 10.3 Å². The van der Waals surface area contributed by atoms with Crippen molar-refractivity contribution >= 4 is 29.1 Å². The van der Waals surface area contributed by atoms with Crippen molar-refractivity contribution in [2.45, 2.75) is 25.4 Å². The number of aromatic nitrogens is 2. The van der Waals surface area contributed by atoms with Gasteiger partial charge in [-0.2, -0.15) is 0 Å². The summed E-state index contributed by atoms with van der Waals surface area (Å²) < 4.78 is 0. The van der Waals surface area contributed by atoms with Crippen molar-refractivity contribution in [2.24, 2.45) is 0 Å². The highest BCUT2D eigenvalue weighted by atomic mass is 35.5. The van der Waals surface area contributed by atoms with Gasteiger partial charge in [0.05, 0.1) is 11.2 Å². The Bertz CT molecular complexity index is 469. The molecule has 1 fully saturated rings. The standard InChI is InChI=1S/C11H13Cl2N3O2/c1-11(18)2-4-16(5-3-11)10(17)7-6-8(12)14-15-9(7)13/h6,18H,2-5H2,1H3. The number of hydrogen-bond donors (Lipinski definition) is 1. The topological polar surface area (TPSA) is 66.3 Å². The third kappa shape index (κ3) is 2.91. The third-order valence-electron chi connectivity index (χ3n) is 3.08. The van der Waals surface area contributed by atoms with Gasteiger partial charge in [0.2, 0.25) is 0 Å². The molecule has 0 aliphatic carbocycles. The van der Waals surface area contributed by atoms with E-state index in [1.807, 2.05) is 0 Å². The van der Waals surface area contributed by atoms with E-state index in [1.165, 1.54) is 6.07 Å². The minimum Gasteiger partial charge on any atom is -0.390 e. The van der Waals surface area contributed by atoms with Gasteiger partial charge in [-0.1, -0.05) is 23.2 Å². The van der Waals surface area contributed by atoms with Crippen LogP contribution in [0, 0.1) is 0 Å². The average molecular weight is 290 g/mol. The molecule has 0 aromatic carbocycles. The summed E-state index contributed by atoms with van der Waals surface area (Å²) in [6.07, 6.45) is 1.09. The minimum absolute atomic E-state index is 0.0433. The highest BCUT2D eigenvalue weighted by Gasteiger charge is 2.30. The Morgan fingerprint density at radius 2 is 2.00 bits per heavy atom. The van der Waals surface area contributed by atoms with E-state index in [-0.39, 0.29) is 21.8 Å². The second kappa shape index (κ2) is 4.99. The van der Waals surface area contributed by atoms with Crippen LogP contribution in [0.5, 0.6) is 0 Å². The molecule has 1 aliphatic heterocycles. The van der Waals surface area contributed by atoms with Gasteiger partial charge >= 0.3 is 0 Å². The molecule has 1 aliphatic rings. The van der Waals surface area contributed by atoms with Gasteiger partial charge in [-0.05, 0) is 25.8 Å². The smallest absolute Gasteiger partial charge is 0.257 e. The molecule has 1 saturated heterocycles. The number of hydrogen-bond acceptors (Lipinski definition) is 4. The maximum Gasteiger partial charge on any atom is 0.257 e. The molecule has 1 aromatic rings. The number of amides is 1. The van der Waals surface area contributed by atoms with Crippen molar-refractivity contribution < 1.29 is 9.90 Å². The molecule has 0 spiro atoms. The molecule has 18 heavy (non-hydrogen) atoms. The molecule has 98 valence electrons. The van der Waals surface area contributed by atoms with E-state index in [0.29, 0.717) is 25.9 Å². The van der Waals surface area contributed by atoms with Gasteiger partial charge in [0.15, 0.2) is 10.3 Å². The molecule has 2 heterocycles. The highest BCUT2D eigenvalue weighted by molar-refractivity contribution is 6.34. The van der Waals surface area contributed by atoms with Crippen LogP contribution in [0.4, 0.5) is 0 Å². The second-order valence-corrected chi connectivity index (χ2v) is 5.41. The molecule has 5 nitrogen and oxygen atoms in total. The van der Waals surface area contributed by atoms with Gasteiger partial charge in [-0.3, -0.25) is 4.79 Å². The van der Waals surface area contributed by atoms with E-state index in [9.17, 15) is 9.90 Å². The Morgan fingerprint density at radius 1 is 1.39 bits per heavy atom. The lowest BCUT2D eigenvalue weighted by Crippen LogP contribution is -2.45. The number of nitrogens with zero attached hydrogens (tertiary/aromatic N) is 3. The molecule has 1 amide bonds. The summed E-state index contributed by atoms with van der Waals surface area (Å²) >= 11 is 11.5. The van der Waals surface area contributed by atoms with E-state index < -0.39 is 5.60 Å². The summed E-state index contributed by atoms with van der Waals surface area (Å²) in [6.45, 7) is 2.75. The number of piperidine rings is 1. The molecule has 1 N–H and O–H groups in total. The van der Waals surface area contributed by atoms with E-state index in [2.05, 4.69) is 10.2 Å². The molecule has 1 aromatic heterocycles. The van der Waals surface area contributed by atoms with Crippen molar-refractivity contribution in [1.82, 2.24) is 15.1 Å². The van der Waals surface area contributed by atoms with E-state index in [4.69, 9.17) is 23.2 Å². The summed E-state index contributed by atoms with van der Waals surface area (Å²) in [5.74, 6) is -0.229. The van der Waals surface area contributed by atoms with Gasteiger partial charge in [0, 0.05) is 13.1 Å². The maximum atomic E-state index is 12.2. The number of aliphatic hydroxyl groups is 1. The van der Waals surface area contributed by atoms with Crippen molar-refractivity contribution in [3.05, 3.63) is 21.9 Å². The third-order valence-corrected chi connectivity index (χ3v) is 3.54. The monoisotopic (exact) mass is 289 g/mol. The summed E-state index contributed by atoms with van der Waals surface area (Å²) in [6, 6.07) is 1.41. The first-order chi connectivity index (χ1) is 8.39. The SMILES string of the molecule is CC1(O)CCN(C(=O)c2cc(Cl)nnc2Cl)CC1. The molecule has 0 atom stereocenters. The number of carbonyl (C=O) groups is 1. The first-order valence-corrected chi connectivity index (χ1v) is 6.35. The molecule has 7 heteroatoms. The Hall–Kier alpha value is -0.910. The molecular formula is C11H13Cl2N3O2. The Labute approximate surface area is 115 Å². The van der Waals surface area contributed by atoms with Crippen molar-refractivity contribution in [2.75, 3.05) is 13.1 Å². The number of rotatable bonds is 1. The lowest BCUT2D eigenvalue weighted by Gasteiger charge is -2.35. The number of carbonyl (C=O) groups excluding carboxylic acids is 1. The predicted octanol–water partition coefficient (Wildman–Crippen LogP) is 1.77. The van der Waals surface area contributed by atoms with Gasteiger partial charge in [-0.15, -0.1) is 10.2 Å². The molecule has 0 bridgehead atoms. The summed E-state index contributed by atoms with van der Waals surface area (Å²) in [5, 5.41) is 17.2. The van der Waals surface area contributed by atoms with Gasteiger partial charge < -0.3 is 10.0 Å². The van der Waals surface area contributed by atoms with Crippen molar-refractivity contribution in [3.63, 3.8) is 0 Å². The van der Waals surface area contributed by atoms with Crippen LogP contribution in [-0.4, -0.2) is 44.8 Å². The molecule has 2 rings (SSSR count). The Morgan fingerprint density at radius 3 is 2.61 bits per heavy atom. The summed E-state index contributed by atoms with van der Waals surface area (Å²) in [5.41, 5.74) is -0.451. The lowest BCUT2D eigenvalue weighted by atomic mass is 9.93. The summed E-state index contributed by atoms with van der Waals surface area (Å²) in [4.78, 5) is 13.9. The number of halogens is 2. The van der Waals surface area contributed by atoms with Gasteiger partial charge in [0.1, 0.15) is 0 Å². The zero-order valence-electron chi connectivity index (χ0n) is 9.86. The first kappa shape index (κ1) is 13.5. The fourth-order valence-electron chi connectivity index (χ4n) is 1.86. The molecule has 0 radical (unpaired) electrons. The van der Waals surface area contributed by atoms with Crippen LogP contribution in [-0.2, 0) is 0 Å². The van der Waals surface area contributed by atoms with E-state index in [0.717, 1.165) is 0 Å². The van der Waals surface area contributed by atoms with Crippen LogP contribution < -0.4 is 0 Å². The van der Waals surface area contributed by atoms with Crippen molar-refractivity contribution in [1.29, 1.82) is 0 Å². The van der Waals surface area contributed by atoms with Crippen molar-refractivity contribution in [3.8, 4) is 0 Å². The fourth-order valence-corrected chi connectivity index (χ4v) is 2.18. The maximum absolute atomic E-state index is 12.2. The van der Waals surface area contributed by atoms with E-state index in [1.54, 1.807) is 11.8 Å². The second-order valence-electron chi connectivity index (χ2n) is 4.66. The molecule has 0 saturated carbocycles. The lowest BCUT2D eigenvalue weighted by molar-refractivity contribution is -0.00203. The fraction of sp³-hybridized carbons (Fsp3) is 0.545. The zero-order chi connectivity index (χ0) is 13.3. The first-order valence-electron chi connectivity index (χ1n) is 5.59. The van der Waals surface area contributed by atoms with Crippen LogP contribution in [0.3, 0.4) is 0 Å². The van der Waals surface area contributed by atoms with Crippen LogP contribution in [0.25, 0.3) is 0 Å². The largest absolute Gasteiger partial charge is 0.390 e. The highest BCUT2D eigenvalue weighted by Crippen LogP contribution is 2.24. The zero-order valence-corrected chi connectivity index (χ0v) is 11.4. The Kier molecular flexibility index (Phi) is 3.75. The van der Waals surface area contributed by atoms with E-state index >= 15 is 0 Å². The van der Waals surface area contributed by atoms with Gasteiger partial charge in [-0.25, -0.2) is 0 Å². The number of likely N-dealkylation sites (tertiary alicyclic amines) is 1. The normalized spacial score (nSPS) is 18.8. The molecule has 0 unspecified atom stereocenters. The Balaban J connectivity index is 2.15. The minimum atomic E-state index is -0.700. The predicted molar refractivity (Wildman–Crippen MR) is 67.8 cm³/mol. The quantitative estimate of drug-likeness (QED) is 0.856. The van der Waals surface area contributed by atoms with Crippen LogP contribution in [0.1, 0.15) is 30.1 Å². The molecular weight excluding hydrogens is 277 g/mol. The van der Waals surface area contributed by atoms with Crippen LogP contribution in [0.15, 0.2) is 6.07 Å². The average Bonchev–Trinajstić information content (AvgIpc) is 2.31. The summed E-state index contributed by atoms with van der Waals surface area (Å²) in [7, 11) is 0. The van der Waals surface area contributed by atoms with Crippen LogP contribution >= 0.6 is 23.2 Å². The van der Waals surface area contributed by atoms with Gasteiger partial charge in [0.25, 0.3) is 5.91 Å².